The third-order valence-corrected chi connectivity index (χ3v) is 40.6. The van der Waals surface area contributed by atoms with Crippen molar-refractivity contribution in [2.45, 2.75) is 78.6 Å². The van der Waals surface area contributed by atoms with Crippen molar-refractivity contribution >= 4 is 57.1 Å². The number of nitrogens with zero attached hydrogens (tertiary/aromatic N) is 2. The maximum absolute atomic E-state index is 7.29. The Labute approximate surface area is 141 Å². The molecule has 0 heterocycles. The van der Waals surface area contributed by atoms with E-state index in [1.54, 1.807) is 0 Å². The van der Waals surface area contributed by atoms with E-state index in [0.29, 0.717) is 0 Å². The van der Waals surface area contributed by atoms with Crippen LogP contribution in [0.3, 0.4) is 0 Å². The second-order valence-electron chi connectivity index (χ2n) is 9.55. The quantitative estimate of drug-likeness (QED) is 0.537. The van der Waals surface area contributed by atoms with E-state index in [4.69, 9.17) is 9.95 Å². The molecule has 2 nitrogen and oxygen atoms in total. The van der Waals surface area contributed by atoms with Gasteiger partial charge in [0.05, 0.1) is 0 Å². The summed E-state index contributed by atoms with van der Waals surface area (Å²) in [5.41, 5.74) is 0. The molecular formula is C12H36AsClN2Si4. The molecule has 0 bridgehead atoms. The second kappa shape index (κ2) is 6.63. The zero-order valence-corrected chi connectivity index (χ0v) is 22.4. The summed E-state index contributed by atoms with van der Waals surface area (Å²) in [6, 6.07) is 0. The van der Waals surface area contributed by atoms with Gasteiger partial charge in [-0.05, 0) is 0 Å². The minimum atomic E-state index is -1.63. The summed E-state index contributed by atoms with van der Waals surface area (Å²) in [5.74, 6) is 0. The van der Waals surface area contributed by atoms with E-state index in [9.17, 15) is 0 Å². The van der Waals surface area contributed by atoms with Crippen LogP contribution in [0, 0.1) is 0 Å². The summed E-state index contributed by atoms with van der Waals surface area (Å²) in [6.45, 7) is 29.7. The molecule has 122 valence electrons. The van der Waals surface area contributed by atoms with E-state index in [-0.39, 0.29) is 0 Å². The van der Waals surface area contributed by atoms with Crippen molar-refractivity contribution in [3.05, 3.63) is 0 Å². The van der Waals surface area contributed by atoms with Crippen LogP contribution >= 0.6 is 9.95 Å². The van der Waals surface area contributed by atoms with Crippen molar-refractivity contribution in [1.29, 1.82) is 0 Å². The van der Waals surface area contributed by atoms with Crippen LogP contribution in [-0.2, 0) is 0 Å². The van der Waals surface area contributed by atoms with Crippen LogP contribution in [0.5, 0.6) is 0 Å². The zero-order valence-electron chi connectivity index (χ0n) is 15.7. The number of rotatable bonds is 6. The first-order chi connectivity index (χ1) is 8.40. The number of hydrogen-bond acceptors (Lipinski definition) is 2. The van der Waals surface area contributed by atoms with Gasteiger partial charge in [-0.1, -0.05) is 0 Å². The van der Waals surface area contributed by atoms with E-state index < -0.39 is 47.1 Å². The molecule has 0 saturated heterocycles. The normalized spacial score (nSPS) is 15.6. The van der Waals surface area contributed by atoms with Crippen LogP contribution in [0.25, 0.3) is 0 Å². The van der Waals surface area contributed by atoms with Gasteiger partial charge in [-0.3, -0.25) is 0 Å². The van der Waals surface area contributed by atoms with Gasteiger partial charge in [-0.25, -0.2) is 0 Å². The van der Waals surface area contributed by atoms with E-state index in [1.807, 2.05) is 0 Å². The predicted molar refractivity (Wildman–Crippen MR) is 109 cm³/mol. The molecule has 0 aliphatic rings. The van der Waals surface area contributed by atoms with Crippen molar-refractivity contribution in [3.8, 4) is 0 Å². The molecule has 0 aliphatic heterocycles. The minimum absolute atomic E-state index is 1.37. The van der Waals surface area contributed by atoms with Gasteiger partial charge in [0, 0.05) is 0 Å². The average Bonchev–Trinajstić information content (AvgIpc) is 1.88. The molecule has 0 aliphatic carbocycles. The summed E-state index contributed by atoms with van der Waals surface area (Å²) >= 11 is -1.63. The first kappa shape index (κ1) is 21.6. The Morgan fingerprint density at radius 3 is 0.750 bits per heavy atom. The number of halogens is 1. The monoisotopic (exact) mass is 430 g/mol. The SMILES string of the molecule is C[Si](C)(C)N([As](Cl)N([Si](C)(C)C)[Si](C)(C)C)[Si](C)(C)C. The van der Waals surface area contributed by atoms with Gasteiger partial charge < -0.3 is 0 Å². The molecule has 0 saturated carbocycles. The Hall–Kier alpha value is 1.64. The van der Waals surface area contributed by atoms with Crippen molar-refractivity contribution in [2.75, 3.05) is 0 Å². The van der Waals surface area contributed by atoms with Crippen LogP contribution in [0.2, 0.25) is 78.6 Å². The molecule has 0 fully saturated rings. The molecule has 0 aromatic carbocycles. The fourth-order valence-corrected chi connectivity index (χ4v) is 51.9. The third-order valence-electron chi connectivity index (χ3n) is 2.87. The van der Waals surface area contributed by atoms with Gasteiger partial charge in [-0.15, -0.1) is 0 Å². The van der Waals surface area contributed by atoms with Crippen LogP contribution < -0.4 is 0 Å². The van der Waals surface area contributed by atoms with Crippen LogP contribution in [0.15, 0.2) is 0 Å². The number of hydrogen-bond donors (Lipinski definition) is 0. The fourth-order valence-electron chi connectivity index (χ4n) is 3.09. The first-order valence-corrected chi connectivity index (χ1v) is 25.4. The van der Waals surface area contributed by atoms with Gasteiger partial charge in [0.2, 0.25) is 0 Å². The molecule has 0 rings (SSSR count). The molecule has 0 aromatic rings. The summed E-state index contributed by atoms with van der Waals surface area (Å²) < 4.78 is 5.79. The van der Waals surface area contributed by atoms with E-state index >= 15 is 0 Å². The summed E-state index contributed by atoms with van der Waals surface area (Å²) in [6.07, 6.45) is 0. The molecule has 8 heteroatoms. The summed E-state index contributed by atoms with van der Waals surface area (Å²) in [5, 5.41) is 0. The zero-order chi connectivity index (χ0) is 16.7. The van der Waals surface area contributed by atoms with E-state index in [2.05, 4.69) is 84.9 Å². The van der Waals surface area contributed by atoms with Gasteiger partial charge in [0.25, 0.3) is 0 Å². The van der Waals surface area contributed by atoms with Gasteiger partial charge in [-0.2, -0.15) is 0 Å². The third kappa shape index (κ3) is 6.03. The van der Waals surface area contributed by atoms with Crippen molar-refractivity contribution in [2.24, 2.45) is 0 Å². The second-order valence-corrected chi connectivity index (χ2v) is 37.1. The molecular weight excluding hydrogens is 395 g/mol. The average molecular weight is 431 g/mol. The molecule has 0 atom stereocenters. The Morgan fingerprint density at radius 1 is 0.500 bits per heavy atom. The molecule has 20 heavy (non-hydrogen) atoms. The predicted octanol–water partition coefficient (Wildman–Crippen LogP) is 5.15. The van der Waals surface area contributed by atoms with Crippen LogP contribution in [-0.4, -0.2) is 53.4 Å². The van der Waals surface area contributed by atoms with Gasteiger partial charge >= 0.3 is 142 Å². The van der Waals surface area contributed by atoms with E-state index in [0.717, 1.165) is 0 Å². The Bertz CT molecular complexity index is 268. The molecule has 0 amide bonds. The fraction of sp³-hybridized carbons (Fsp3) is 1.00. The molecule has 0 aromatic heterocycles. The van der Waals surface area contributed by atoms with Crippen LogP contribution in [0.1, 0.15) is 0 Å². The summed E-state index contributed by atoms with van der Waals surface area (Å²) in [4.78, 5) is 0. The molecule has 0 spiro atoms. The van der Waals surface area contributed by atoms with Crippen molar-refractivity contribution < 1.29 is 0 Å². The van der Waals surface area contributed by atoms with Crippen molar-refractivity contribution in [3.63, 3.8) is 0 Å². The van der Waals surface area contributed by atoms with E-state index in [1.165, 1.54) is 0 Å². The Kier molecular flexibility index (Phi) is 7.17. The van der Waals surface area contributed by atoms with Gasteiger partial charge in [0.15, 0.2) is 0 Å². The molecule has 0 unspecified atom stereocenters. The first-order valence-electron chi connectivity index (χ1n) is 7.46. The summed E-state index contributed by atoms with van der Waals surface area (Å²) in [7, 11) is 1.79. The van der Waals surface area contributed by atoms with Crippen LogP contribution in [0.4, 0.5) is 0 Å². The Balaban J connectivity index is 5.81. The maximum atomic E-state index is 7.29. The molecule has 0 radical (unpaired) electrons. The topological polar surface area (TPSA) is 6.48 Å². The van der Waals surface area contributed by atoms with Crippen molar-refractivity contribution in [1.82, 2.24) is 6.30 Å². The standard InChI is InChI=1S/C12H36AsClN2Si4/c1-17(2,3)15(18(4,5)6)13(14)16(19(7,8)9)20(10,11)12/h1-12H3. The Morgan fingerprint density at radius 2 is 0.650 bits per heavy atom. The van der Waals surface area contributed by atoms with Gasteiger partial charge in [0.1, 0.15) is 0 Å². The molecule has 0 N–H and O–H groups in total.